The standard InChI is InChI=1S/C27H39N7O3/c1-8-22-18(3)30-26(24(32-22)25(28)36)31-21-12-9-11-20(16-21)15-17(2)29-27(37)19(4)34(7)23(35)13-10-14-33(5)6/h9-13,16-17,19H,8,14-15H2,1-7H3,(H2,28,36)(H,29,37)(H,30,31)/b13-10+/t17-,19+/m1/s1. The lowest BCUT2D eigenvalue weighted by Crippen LogP contribution is -2.48. The molecule has 0 saturated carbocycles. The zero-order valence-electron chi connectivity index (χ0n) is 22.8. The number of benzene rings is 1. The quantitative estimate of drug-likeness (QED) is 0.374. The Morgan fingerprint density at radius 2 is 1.84 bits per heavy atom. The van der Waals surface area contributed by atoms with E-state index < -0.39 is 11.9 Å². The maximum absolute atomic E-state index is 12.8. The third-order valence-electron chi connectivity index (χ3n) is 5.90. The summed E-state index contributed by atoms with van der Waals surface area (Å²) >= 11 is 0. The van der Waals surface area contributed by atoms with Crippen molar-refractivity contribution in [3.63, 3.8) is 0 Å². The van der Waals surface area contributed by atoms with Gasteiger partial charge in [0.25, 0.3) is 5.91 Å². The molecule has 0 fully saturated rings. The molecular weight excluding hydrogens is 470 g/mol. The Hall–Kier alpha value is -3.79. The van der Waals surface area contributed by atoms with Crippen molar-refractivity contribution in [1.29, 1.82) is 0 Å². The van der Waals surface area contributed by atoms with Crippen molar-refractivity contribution in [3.8, 4) is 0 Å². The molecule has 0 aliphatic carbocycles. The lowest BCUT2D eigenvalue weighted by atomic mass is 10.1. The summed E-state index contributed by atoms with van der Waals surface area (Å²) in [5.41, 5.74) is 8.77. The highest BCUT2D eigenvalue weighted by Gasteiger charge is 2.22. The van der Waals surface area contributed by atoms with Gasteiger partial charge in [0.1, 0.15) is 6.04 Å². The van der Waals surface area contributed by atoms with Gasteiger partial charge in [0.2, 0.25) is 11.8 Å². The summed E-state index contributed by atoms with van der Waals surface area (Å²) < 4.78 is 0. The summed E-state index contributed by atoms with van der Waals surface area (Å²) in [6.07, 6.45) is 4.46. The fourth-order valence-electron chi connectivity index (χ4n) is 3.68. The molecule has 3 amide bonds. The highest BCUT2D eigenvalue weighted by atomic mass is 16.2. The molecule has 1 heterocycles. The van der Waals surface area contributed by atoms with Gasteiger partial charge < -0.3 is 26.2 Å². The van der Waals surface area contributed by atoms with E-state index >= 15 is 0 Å². The van der Waals surface area contributed by atoms with Crippen LogP contribution < -0.4 is 16.4 Å². The molecule has 2 atom stereocenters. The number of carbonyl (C=O) groups excluding carboxylic acids is 3. The maximum atomic E-state index is 12.8. The van der Waals surface area contributed by atoms with Crippen molar-refractivity contribution in [2.24, 2.45) is 5.73 Å². The van der Waals surface area contributed by atoms with E-state index in [1.54, 1.807) is 20.0 Å². The summed E-state index contributed by atoms with van der Waals surface area (Å²) in [4.78, 5) is 49.3. The molecule has 1 aromatic heterocycles. The van der Waals surface area contributed by atoms with E-state index in [9.17, 15) is 14.4 Å². The lowest BCUT2D eigenvalue weighted by molar-refractivity contribution is -0.135. The number of likely N-dealkylation sites (N-methyl/N-ethyl adjacent to an activating group) is 2. The Bertz CT molecular complexity index is 1150. The summed E-state index contributed by atoms with van der Waals surface area (Å²) in [5.74, 6) is -0.798. The van der Waals surface area contributed by atoms with E-state index in [-0.39, 0.29) is 23.6 Å². The van der Waals surface area contributed by atoms with Crippen LogP contribution >= 0.6 is 0 Å². The van der Waals surface area contributed by atoms with Gasteiger partial charge in [0.05, 0.1) is 11.4 Å². The Balaban J connectivity index is 2.04. The minimum absolute atomic E-state index is 0.0951. The highest BCUT2D eigenvalue weighted by molar-refractivity contribution is 5.96. The molecule has 4 N–H and O–H groups in total. The second-order valence-electron chi connectivity index (χ2n) is 9.40. The number of anilines is 2. The number of primary amides is 1. The normalized spacial score (nSPS) is 12.9. The molecule has 10 heteroatoms. The van der Waals surface area contributed by atoms with Gasteiger partial charge in [-0.3, -0.25) is 14.4 Å². The van der Waals surface area contributed by atoms with Crippen LogP contribution in [0, 0.1) is 6.92 Å². The van der Waals surface area contributed by atoms with E-state index in [0.29, 0.717) is 25.2 Å². The van der Waals surface area contributed by atoms with Crippen LogP contribution in [0.15, 0.2) is 36.4 Å². The number of nitrogens with two attached hydrogens (primary N) is 1. The molecule has 0 aliphatic rings. The second kappa shape index (κ2) is 13.5. The lowest BCUT2D eigenvalue weighted by Gasteiger charge is -2.25. The van der Waals surface area contributed by atoms with Crippen molar-refractivity contribution < 1.29 is 14.4 Å². The number of carbonyl (C=O) groups is 3. The highest BCUT2D eigenvalue weighted by Crippen LogP contribution is 2.21. The van der Waals surface area contributed by atoms with Gasteiger partial charge in [0.15, 0.2) is 11.5 Å². The number of hydrogen-bond donors (Lipinski definition) is 3. The molecule has 0 unspecified atom stereocenters. The zero-order valence-corrected chi connectivity index (χ0v) is 22.8. The number of hydrogen-bond acceptors (Lipinski definition) is 7. The van der Waals surface area contributed by atoms with Crippen LogP contribution in [-0.4, -0.2) is 77.3 Å². The van der Waals surface area contributed by atoms with Crippen molar-refractivity contribution >= 4 is 29.2 Å². The van der Waals surface area contributed by atoms with E-state index in [4.69, 9.17) is 5.73 Å². The second-order valence-corrected chi connectivity index (χ2v) is 9.40. The molecule has 0 saturated heterocycles. The maximum Gasteiger partial charge on any atom is 0.271 e. The van der Waals surface area contributed by atoms with Gasteiger partial charge in [-0.1, -0.05) is 25.1 Å². The Labute approximate surface area is 219 Å². The number of nitrogens with zero attached hydrogens (tertiary/aromatic N) is 4. The molecular formula is C27H39N7O3. The predicted octanol–water partition coefficient (Wildman–Crippen LogP) is 2.20. The van der Waals surface area contributed by atoms with Crippen LogP contribution in [0.2, 0.25) is 0 Å². The first-order valence-corrected chi connectivity index (χ1v) is 12.3. The van der Waals surface area contributed by atoms with Crippen molar-refractivity contribution in [2.75, 3.05) is 33.0 Å². The number of aryl methyl sites for hydroxylation is 2. The number of rotatable bonds is 12. The van der Waals surface area contributed by atoms with Crippen molar-refractivity contribution in [1.82, 2.24) is 25.1 Å². The fourth-order valence-corrected chi connectivity index (χ4v) is 3.68. The summed E-state index contributed by atoms with van der Waals surface area (Å²) in [6.45, 7) is 8.04. The van der Waals surface area contributed by atoms with Crippen molar-refractivity contribution in [3.05, 3.63) is 59.1 Å². The average Bonchev–Trinajstić information content (AvgIpc) is 2.82. The first kappa shape index (κ1) is 29.4. The largest absolute Gasteiger partial charge is 0.364 e. The Morgan fingerprint density at radius 3 is 2.46 bits per heavy atom. The van der Waals surface area contributed by atoms with Crippen LogP contribution in [-0.2, 0) is 22.4 Å². The Kier molecular flexibility index (Phi) is 10.7. The Morgan fingerprint density at radius 1 is 1.14 bits per heavy atom. The zero-order chi connectivity index (χ0) is 27.7. The van der Waals surface area contributed by atoms with E-state index in [2.05, 4.69) is 20.6 Å². The van der Waals surface area contributed by atoms with E-state index in [0.717, 1.165) is 22.6 Å². The van der Waals surface area contributed by atoms with E-state index in [1.165, 1.54) is 11.0 Å². The monoisotopic (exact) mass is 509 g/mol. The van der Waals surface area contributed by atoms with E-state index in [1.807, 2.05) is 64.0 Å². The van der Waals surface area contributed by atoms with Gasteiger partial charge in [-0.2, -0.15) is 0 Å². The van der Waals surface area contributed by atoms with Gasteiger partial charge in [-0.25, -0.2) is 9.97 Å². The number of amides is 3. The fraction of sp³-hybridized carbons (Fsp3) is 0.444. The van der Waals surface area contributed by atoms with Crippen LogP contribution in [0.25, 0.3) is 0 Å². The molecule has 1 aromatic carbocycles. The first-order chi connectivity index (χ1) is 17.4. The molecule has 0 bridgehead atoms. The summed E-state index contributed by atoms with van der Waals surface area (Å²) in [6, 6.07) is 6.82. The molecule has 10 nitrogen and oxygen atoms in total. The third-order valence-corrected chi connectivity index (χ3v) is 5.90. The van der Waals surface area contributed by atoms with Crippen LogP contribution in [0.1, 0.15) is 48.2 Å². The summed E-state index contributed by atoms with van der Waals surface area (Å²) in [7, 11) is 5.45. The number of nitrogens with one attached hydrogen (secondary N) is 2. The van der Waals surface area contributed by atoms with Gasteiger partial charge >= 0.3 is 0 Å². The molecule has 37 heavy (non-hydrogen) atoms. The molecule has 2 aromatic rings. The van der Waals surface area contributed by atoms with Crippen LogP contribution in [0.5, 0.6) is 0 Å². The topological polar surface area (TPSA) is 134 Å². The van der Waals surface area contributed by atoms with Gasteiger partial charge in [-0.05, 0) is 65.4 Å². The van der Waals surface area contributed by atoms with Crippen molar-refractivity contribution in [2.45, 2.75) is 52.6 Å². The van der Waals surface area contributed by atoms with Gasteiger partial charge in [-0.15, -0.1) is 0 Å². The van der Waals surface area contributed by atoms with Gasteiger partial charge in [0, 0.05) is 31.4 Å². The molecule has 0 spiro atoms. The number of aromatic nitrogens is 2. The average molecular weight is 510 g/mol. The smallest absolute Gasteiger partial charge is 0.271 e. The predicted molar refractivity (Wildman–Crippen MR) is 146 cm³/mol. The third kappa shape index (κ3) is 8.68. The molecule has 2 rings (SSSR count). The summed E-state index contributed by atoms with van der Waals surface area (Å²) in [5, 5.41) is 6.14. The molecule has 0 radical (unpaired) electrons. The first-order valence-electron chi connectivity index (χ1n) is 12.3. The molecule has 200 valence electrons. The SMILES string of the molecule is CCc1nc(C(N)=O)c(Nc2cccc(C[C@@H](C)NC(=O)[C@H](C)N(C)C(=O)/C=C/CN(C)C)c2)nc1C. The minimum atomic E-state index is -0.650. The van der Waals surface area contributed by atoms with Crippen LogP contribution in [0.3, 0.4) is 0 Å². The molecule has 0 aliphatic heterocycles. The minimum Gasteiger partial charge on any atom is -0.364 e. The van der Waals surface area contributed by atoms with Crippen LogP contribution in [0.4, 0.5) is 11.5 Å².